The Hall–Kier alpha value is -1.43. The Morgan fingerprint density at radius 2 is 2.05 bits per heavy atom. The molecule has 0 aromatic carbocycles. The van der Waals surface area contributed by atoms with E-state index >= 15 is 0 Å². The number of aliphatic carboxylic acids is 1. The van der Waals surface area contributed by atoms with Crippen LogP contribution in [-0.2, 0) is 4.79 Å². The molecule has 1 aromatic heterocycles. The monoisotopic (exact) mass is 354 g/mol. The smallest absolute Gasteiger partial charge is 0.305 e. The summed E-state index contributed by atoms with van der Waals surface area (Å²) in [7, 11) is 1.69. The van der Waals surface area contributed by atoms with E-state index in [9.17, 15) is 14.7 Å². The maximum atomic E-state index is 12.7. The number of carbonyl (C=O) groups is 2. The molecule has 0 bridgehead atoms. The molecule has 1 fully saturated rings. The van der Waals surface area contributed by atoms with Gasteiger partial charge < -0.3 is 10.0 Å². The van der Waals surface area contributed by atoms with Crippen LogP contribution in [0.25, 0.3) is 0 Å². The first-order chi connectivity index (χ1) is 9.96. The van der Waals surface area contributed by atoms with Crippen molar-refractivity contribution in [1.82, 2.24) is 9.88 Å². The van der Waals surface area contributed by atoms with Gasteiger partial charge in [-0.25, -0.2) is 4.98 Å². The molecule has 1 N–H and O–H groups in total. The summed E-state index contributed by atoms with van der Waals surface area (Å²) in [5, 5.41) is 9.22. The Bertz CT molecular complexity index is 541. The fraction of sp³-hybridized carbons (Fsp3) is 0.533. The molecular formula is C15H19BrN2O3. The first kappa shape index (κ1) is 15.9. The molecule has 0 radical (unpaired) electrons. The standard InChI is InChI=1S/C15H19BrN2O3/c1-18(14(21)13-11(16)6-5-9-17-13)15(10-12(19)20)7-3-2-4-8-15/h5-6,9H,2-4,7-8,10H2,1H3,(H,19,20). The molecule has 21 heavy (non-hydrogen) atoms. The minimum absolute atomic E-state index is 0.0142. The highest BCUT2D eigenvalue weighted by atomic mass is 79.9. The fourth-order valence-electron chi connectivity index (χ4n) is 3.04. The summed E-state index contributed by atoms with van der Waals surface area (Å²) in [6.07, 6.45) is 6.01. The number of carboxylic acid groups (broad SMARTS) is 1. The highest BCUT2D eigenvalue weighted by molar-refractivity contribution is 9.10. The number of nitrogens with zero attached hydrogens (tertiary/aromatic N) is 2. The SMILES string of the molecule is CN(C(=O)c1ncccc1Br)C1(CC(=O)O)CCCCC1. The third-order valence-corrected chi connectivity index (χ3v) is 4.88. The van der Waals surface area contributed by atoms with E-state index in [1.54, 1.807) is 30.3 Å². The van der Waals surface area contributed by atoms with Crippen LogP contribution in [0.15, 0.2) is 22.8 Å². The molecule has 1 aliphatic carbocycles. The molecule has 0 aliphatic heterocycles. The van der Waals surface area contributed by atoms with Gasteiger partial charge in [0.1, 0.15) is 5.69 Å². The molecule has 0 saturated heterocycles. The number of hydrogen-bond donors (Lipinski definition) is 1. The van der Waals surface area contributed by atoms with Crippen LogP contribution in [0.3, 0.4) is 0 Å². The average molecular weight is 355 g/mol. The molecule has 2 rings (SSSR count). The van der Waals surface area contributed by atoms with Crippen LogP contribution in [0.4, 0.5) is 0 Å². The van der Waals surface area contributed by atoms with E-state index in [2.05, 4.69) is 20.9 Å². The van der Waals surface area contributed by atoms with Crippen molar-refractivity contribution in [3.8, 4) is 0 Å². The van der Waals surface area contributed by atoms with Crippen molar-refractivity contribution >= 4 is 27.8 Å². The number of pyridine rings is 1. The Morgan fingerprint density at radius 3 is 2.62 bits per heavy atom. The van der Waals surface area contributed by atoms with Gasteiger partial charge in [0.25, 0.3) is 5.91 Å². The predicted octanol–water partition coefficient (Wildman–Crippen LogP) is 3.09. The lowest BCUT2D eigenvalue weighted by Crippen LogP contribution is -2.52. The van der Waals surface area contributed by atoms with Gasteiger partial charge in [-0.2, -0.15) is 0 Å². The molecule has 1 aromatic rings. The summed E-state index contributed by atoms with van der Waals surface area (Å²) < 4.78 is 0.628. The normalized spacial score (nSPS) is 17.2. The second kappa shape index (κ2) is 6.56. The number of aromatic nitrogens is 1. The molecule has 1 saturated carbocycles. The van der Waals surface area contributed by atoms with Crippen molar-refractivity contribution in [1.29, 1.82) is 0 Å². The van der Waals surface area contributed by atoms with Crippen molar-refractivity contribution in [2.24, 2.45) is 0 Å². The van der Waals surface area contributed by atoms with Gasteiger partial charge in [-0.05, 0) is 40.9 Å². The zero-order chi connectivity index (χ0) is 15.5. The van der Waals surface area contributed by atoms with Gasteiger partial charge in [-0.1, -0.05) is 19.3 Å². The van der Waals surface area contributed by atoms with Gasteiger partial charge in [0, 0.05) is 17.7 Å². The number of carbonyl (C=O) groups excluding carboxylic acids is 1. The third kappa shape index (κ3) is 3.43. The lowest BCUT2D eigenvalue weighted by atomic mass is 9.78. The van der Waals surface area contributed by atoms with E-state index in [1.165, 1.54) is 0 Å². The molecule has 0 unspecified atom stereocenters. The van der Waals surface area contributed by atoms with Crippen molar-refractivity contribution in [2.45, 2.75) is 44.1 Å². The first-order valence-corrected chi connectivity index (χ1v) is 7.86. The van der Waals surface area contributed by atoms with Crippen LogP contribution in [0, 0.1) is 0 Å². The quantitative estimate of drug-likeness (QED) is 0.901. The van der Waals surface area contributed by atoms with Crippen molar-refractivity contribution in [3.05, 3.63) is 28.5 Å². The number of hydrogen-bond acceptors (Lipinski definition) is 3. The van der Waals surface area contributed by atoms with Crippen molar-refractivity contribution in [2.75, 3.05) is 7.05 Å². The summed E-state index contributed by atoms with van der Waals surface area (Å²) in [4.78, 5) is 29.6. The van der Waals surface area contributed by atoms with E-state index in [0.29, 0.717) is 10.2 Å². The summed E-state index contributed by atoms with van der Waals surface area (Å²) in [5.41, 5.74) is -0.270. The third-order valence-electron chi connectivity index (χ3n) is 4.24. The van der Waals surface area contributed by atoms with Crippen LogP contribution in [-0.4, -0.2) is 39.5 Å². The molecule has 5 nitrogen and oxygen atoms in total. The lowest BCUT2D eigenvalue weighted by molar-refractivity contribution is -0.140. The summed E-state index contributed by atoms with van der Waals surface area (Å²) >= 11 is 3.33. The van der Waals surface area contributed by atoms with Crippen LogP contribution in [0.1, 0.15) is 49.0 Å². The van der Waals surface area contributed by atoms with Crippen LogP contribution < -0.4 is 0 Å². The van der Waals surface area contributed by atoms with Gasteiger partial charge in [0.2, 0.25) is 0 Å². The number of halogens is 1. The minimum atomic E-state index is -0.864. The van der Waals surface area contributed by atoms with Gasteiger partial charge in [-0.15, -0.1) is 0 Å². The first-order valence-electron chi connectivity index (χ1n) is 7.07. The molecular weight excluding hydrogens is 336 g/mol. The van der Waals surface area contributed by atoms with Crippen LogP contribution >= 0.6 is 15.9 Å². The Morgan fingerprint density at radius 1 is 1.38 bits per heavy atom. The Balaban J connectivity index is 2.29. The number of carboxylic acids is 1. The highest BCUT2D eigenvalue weighted by Crippen LogP contribution is 2.37. The zero-order valence-corrected chi connectivity index (χ0v) is 13.6. The van der Waals surface area contributed by atoms with Gasteiger partial charge in [0.05, 0.1) is 12.0 Å². The van der Waals surface area contributed by atoms with Gasteiger partial charge in [0.15, 0.2) is 0 Å². The molecule has 0 spiro atoms. The molecule has 1 amide bonds. The topological polar surface area (TPSA) is 70.5 Å². The van der Waals surface area contributed by atoms with E-state index in [4.69, 9.17) is 0 Å². The van der Waals surface area contributed by atoms with Crippen LogP contribution in [0.5, 0.6) is 0 Å². The predicted molar refractivity (Wildman–Crippen MR) is 82.1 cm³/mol. The second-order valence-electron chi connectivity index (χ2n) is 5.55. The molecule has 1 heterocycles. The van der Waals surface area contributed by atoms with E-state index < -0.39 is 11.5 Å². The van der Waals surface area contributed by atoms with Crippen molar-refractivity contribution in [3.63, 3.8) is 0 Å². The van der Waals surface area contributed by atoms with Gasteiger partial charge in [-0.3, -0.25) is 9.59 Å². The molecule has 1 aliphatic rings. The average Bonchev–Trinajstić information content (AvgIpc) is 2.46. The lowest BCUT2D eigenvalue weighted by Gasteiger charge is -2.43. The molecule has 114 valence electrons. The van der Waals surface area contributed by atoms with Crippen LogP contribution in [0.2, 0.25) is 0 Å². The highest BCUT2D eigenvalue weighted by Gasteiger charge is 2.41. The van der Waals surface area contributed by atoms with E-state index in [0.717, 1.165) is 32.1 Å². The van der Waals surface area contributed by atoms with E-state index in [-0.39, 0.29) is 12.3 Å². The van der Waals surface area contributed by atoms with Crippen molar-refractivity contribution < 1.29 is 14.7 Å². The van der Waals surface area contributed by atoms with E-state index in [1.807, 2.05) is 0 Å². The Kier molecular flexibility index (Phi) is 4.98. The fourth-order valence-corrected chi connectivity index (χ4v) is 3.46. The summed E-state index contributed by atoms with van der Waals surface area (Å²) in [6.45, 7) is 0. The second-order valence-corrected chi connectivity index (χ2v) is 6.41. The Labute approximate surface area is 132 Å². The summed E-state index contributed by atoms with van der Waals surface area (Å²) in [6, 6.07) is 3.51. The minimum Gasteiger partial charge on any atom is -0.481 e. The number of amides is 1. The summed E-state index contributed by atoms with van der Waals surface area (Å²) in [5.74, 6) is -1.10. The largest absolute Gasteiger partial charge is 0.481 e. The number of rotatable bonds is 4. The molecule has 6 heteroatoms. The van der Waals surface area contributed by atoms with Gasteiger partial charge >= 0.3 is 5.97 Å². The zero-order valence-electron chi connectivity index (χ0n) is 12.0. The maximum Gasteiger partial charge on any atom is 0.305 e. The maximum absolute atomic E-state index is 12.7. The molecule has 0 atom stereocenters.